The van der Waals surface area contributed by atoms with Crippen molar-refractivity contribution < 1.29 is 9.59 Å². The summed E-state index contributed by atoms with van der Waals surface area (Å²) in [6.45, 7) is 7.52. The van der Waals surface area contributed by atoms with Crippen LogP contribution in [0, 0.1) is 0 Å². The molecule has 0 saturated heterocycles. The van der Waals surface area contributed by atoms with Crippen LogP contribution in [0.15, 0.2) is 42.5 Å². The van der Waals surface area contributed by atoms with Crippen LogP contribution < -0.4 is 9.80 Å². The molecule has 3 rings (SSSR count). The largest absolute Gasteiger partial charge is 0.309 e. The molecule has 1 heterocycles. The predicted molar refractivity (Wildman–Crippen MR) is 124 cm³/mol. The summed E-state index contributed by atoms with van der Waals surface area (Å²) < 4.78 is 0. The topological polar surface area (TPSA) is 43.9 Å². The highest BCUT2D eigenvalue weighted by Crippen LogP contribution is 2.41. The van der Waals surface area contributed by atoms with E-state index < -0.39 is 0 Å². The summed E-state index contributed by atoms with van der Waals surface area (Å²) in [7, 11) is 1.72. The molecular formula is C24H30ClN3O2. The fourth-order valence-corrected chi connectivity index (χ4v) is 4.10. The highest BCUT2D eigenvalue weighted by molar-refractivity contribution is 6.31. The highest BCUT2D eigenvalue weighted by atomic mass is 35.5. The molecule has 2 aromatic rings. The second kappa shape index (κ2) is 10.1. The van der Waals surface area contributed by atoms with E-state index in [0.717, 1.165) is 38.9 Å². The summed E-state index contributed by atoms with van der Waals surface area (Å²) in [5.41, 5.74) is 2.47. The van der Waals surface area contributed by atoms with Crippen LogP contribution in [0.25, 0.3) is 0 Å². The van der Waals surface area contributed by atoms with Gasteiger partial charge < -0.3 is 9.80 Å². The van der Waals surface area contributed by atoms with Gasteiger partial charge in [-0.3, -0.25) is 14.5 Å². The van der Waals surface area contributed by atoms with E-state index in [-0.39, 0.29) is 11.8 Å². The van der Waals surface area contributed by atoms with Crippen LogP contribution in [0.1, 0.15) is 49.9 Å². The number of halogens is 1. The zero-order valence-corrected chi connectivity index (χ0v) is 18.8. The fraction of sp³-hybridized carbons (Fsp3) is 0.417. The van der Waals surface area contributed by atoms with Gasteiger partial charge in [-0.05, 0) is 62.8 Å². The van der Waals surface area contributed by atoms with Crippen LogP contribution in [0.5, 0.6) is 0 Å². The summed E-state index contributed by atoms with van der Waals surface area (Å²) >= 11 is 6.20. The van der Waals surface area contributed by atoms with Crippen LogP contribution in [0.3, 0.4) is 0 Å². The minimum Gasteiger partial charge on any atom is -0.309 e. The Kier molecular flexibility index (Phi) is 7.51. The second-order valence-electron chi connectivity index (χ2n) is 7.58. The number of carbonyl (C=O) groups is 2. The predicted octanol–water partition coefficient (Wildman–Crippen LogP) is 5.50. The molecule has 5 nitrogen and oxygen atoms in total. The molecule has 0 saturated carbocycles. The number of carbonyl (C=O) groups excluding carboxylic acids is 2. The third kappa shape index (κ3) is 4.68. The summed E-state index contributed by atoms with van der Waals surface area (Å²) in [6.07, 6.45) is 3.35. The van der Waals surface area contributed by atoms with Crippen LogP contribution in [0.4, 0.5) is 17.1 Å². The Morgan fingerprint density at radius 1 is 0.967 bits per heavy atom. The lowest BCUT2D eigenvalue weighted by Crippen LogP contribution is -2.26. The number of unbranched alkanes of at least 4 members (excludes halogenated alkanes) is 2. The van der Waals surface area contributed by atoms with Gasteiger partial charge in [0.25, 0.3) is 5.91 Å². The number of para-hydroxylation sites is 1. The van der Waals surface area contributed by atoms with Gasteiger partial charge >= 0.3 is 0 Å². The molecule has 0 radical (unpaired) electrons. The SMILES string of the molecule is CCN(CC)CCCCCC(=O)N1c2ccccc2C(=O)N(C)c2cc(Cl)ccc21. The standard InChI is InChI=1S/C24H30ClN3O2/c1-4-27(5-2)16-10-6-7-13-23(29)28-20-12-9-8-11-19(20)24(30)26(3)22-17-18(25)14-15-21(22)28/h8-9,11-12,14-15,17H,4-7,10,13,16H2,1-3H3. The van der Waals surface area contributed by atoms with Gasteiger partial charge in [-0.1, -0.05) is 44.0 Å². The van der Waals surface area contributed by atoms with Crippen molar-refractivity contribution in [3.8, 4) is 0 Å². The number of fused-ring (bicyclic) bond motifs is 2. The molecule has 1 aliphatic rings. The number of rotatable bonds is 8. The first-order chi connectivity index (χ1) is 14.5. The molecule has 0 aliphatic carbocycles. The Morgan fingerprint density at radius 3 is 2.43 bits per heavy atom. The van der Waals surface area contributed by atoms with Crippen LogP contribution in [-0.2, 0) is 4.79 Å². The zero-order chi connectivity index (χ0) is 21.7. The van der Waals surface area contributed by atoms with E-state index in [4.69, 9.17) is 11.6 Å². The van der Waals surface area contributed by atoms with Crippen molar-refractivity contribution in [3.63, 3.8) is 0 Å². The molecule has 1 aliphatic heterocycles. The average Bonchev–Trinajstić information content (AvgIpc) is 2.84. The summed E-state index contributed by atoms with van der Waals surface area (Å²) in [5, 5.41) is 0.531. The van der Waals surface area contributed by atoms with Crippen molar-refractivity contribution >= 4 is 40.5 Å². The molecule has 0 unspecified atom stereocenters. The number of amides is 2. The van der Waals surface area contributed by atoms with Gasteiger partial charge in [0.15, 0.2) is 0 Å². The molecule has 0 N–H and O–H groups in total. The molecule has 0 fully saturated rings. The zero-order valence-electron chi connectivity index (χ0n) is 18.0. The lowest BCUT2D eigenvalue weighted by Gasteiger charge is -2.25. The average molecular weight is 428 g/mol. The van der Waals surface area contributed by atoms with Crippen molar-refractivity contribution in [2.24, 2.45) is 0 Å². The van der Waals surface area contributed by atoms with Crippen molar-refractivity contribution in [2.45, 2.75) is 39.5 Å². The van der Waals surface area contributed by atoms with Crippen molar-refractivity contribution in [1.82, 2.24) is 4.90 Å². The third-order valence-electron chi connectivity index (χ3n) is 5.73. The van der Waals surface area contributed by atoms with Gasteiger partial charge in [0.05, 0.1) is 22.6 Å². The van der Waals surface area contributed by atoms with E-state index in [1.165, 1.54) is 0 Å². The smallest absolute Gasteiger partial charge is 0.260 e. The van der Waals surface area contributed by atoms with Crippen LogP contribution >= 0.6 is 11.6 Å². The highest BCUT2D eigenvalue weighted by Gasteiger charge is 2.31. The first kappa shape index (κ1) is 22.3. The van der Waals surface area contributed by atoms with Gasteiger partial charge in [-0.2, -0.15) is 0 Å². The summed E-state index contributed by atoms with van der Waals surface area (Å²) in [6, 6.07) is 12.6. The van der Waals surface area contributed by atoms with Gasteiger partial charge in [-0.15, -0.1) is 0 Å². The van der Waals surface area contributed by atoms with E-state index in [0.29, 0.717) is 34.1 Å². The molecule has 160 valence electrons. The molecule has 0 bridgehead atoms. The lowest BCUT2D eigenvalue weighted by molar-refractivity contribution is -0.118. The minimum atomic E-state index is -0.149. The molecule has 0 atom stereocenters. The maximum absolute atomic E-state index is 13.3. The van der Waals surface area contributed by atoms with Crippen LogP contribution in [-0.4, -0.2) is 43.4 Å². The first-order valence-corrected chi connectivity index (χ1v) is 11.1. The Hall–Kier alpha value is -2.37. The van der Waals surface area contributed by atoms with Crippen LogP contribution in [0.2, 0.25) is 5.02 Å². The fourth-order valence-electron chi connectivity index (χ4n) is 3.93. The summed E-state index contributed by atoms with van der Waals surface area (Å²) in [5.74, 6) is -0.152. The van der Waals surface area contributed by atoms with Gasteiger partial charge in [0, 0.05) is 18.5 Å². The van der Waals surface area contributed by atoms with Crippen molar-refractivity contribution in [3.05, 3.63) is 53.1 Å². The molecule has 0 aromatic heterocycles. The molecule has 2 aromatic carbocycles. The Labute approximate surface area is 184 Å². The quantitative estimate of drug-likeness (QED) is 0.522. The van der Waals surface area contributed by atoms with E-state index >= 15 is 0 Å². The van der Waals surface area contributed by atoms with E-state index in [2.05, 4.69) is 18.7 Å². The van der Waals surface area contributed by atoms with E-state index in [9.17, 15) is 9.59 Å². The Morgan fingerprint density at radius 2 is 1.70 bits per heavy atom. The molecule has 30 heavy (non-hydrogen) atoms. The maximum atomic E-state index is 13.3. The first-order valence-electron chi connectivity index (χ1n) is 10.7. The molecule has 2 amide bonds. The van der Waals surface area contributed by atoms with Crippen molar-refractivity contribution in [1.29, 1.82) is 0 Å². The van der Waals surface area contributed by atoms with Gasteiger partial charge in [0.1, 0.15) is 0 Å². The maximum Gasteiger partial charge on any atom is 0.260 e. The second-order valence-corrected chi connectivity index (χ2v) is 8.02. The molecule has 6 heteroatoms. The molecular weight excluding hydrogens is 398 g/mol. The number of benzene rings is 2. The number of anilines is 3. The Bertz CT molecular complexity index is 911. The number of nitrogens with zero attached hydrogens (tertiary/aromatic N) is 3. The van der Waals surface area contributed by atoms with E-state index in [1.54, 1.807) is 35.0 Å². The normalized spacial score (nSPS) is 13.3. The molecule has 0 spiro atoms. The number of hydrogen-bond acceptors (Lipinski definition) is 3. The van der Waals surface area contributed by atoms with Gasteiger partial charge in [0.2, 0.25) is 5.91 Å². The number of hydrogen-bond donors (Lipinski definition) is 0. The minimum absolute atomic E-state index is 0.00281. The summed E-state index contributed by atoms with van der Waals surface area (Å²) in [4.78, 5) is 32.0. The van der Waals surface area contributed by atoms with Gasteiger partial charge in [-0.25, -0.2) is 0 Å². The monoisotopic (exact) mass is 427 g/mol. The van der Waals surface area contributed by atoms with Crippen molar-refractivity contribution in [2.75, 3.05) is 36.5 Å². The third-order valence-corrected chi connectivity index (χ3v) is 5.96. The lowest BCUT2D eigenvalue weighted by atomic mass is 10.1. The van der Waals surface area contributed by atoms with E-state index in [1.807, 2.05) is 24.3 Å². The Balaban J connectivity index is 1.83.